The highest BCUT2D eigenvalue weighted by Gasteiger charge is 2.25. The molecule has 2 aromatic rings. The second-order valence-electron chi connectivity index (χ2n) is 6.67. The maximum absolute atomic E-state index is 12.8. The van der Waals surface area contributed by atoms with Gasteiger partial charge in [0.15, 0.2) is 0 Å². The van der Waals surface area contributed by atoms with Crippen molar-refractivity contribution in [3.63, 3.8) is 0 Å². The van der Waals surface area contributed by atoms with Gasteiger partial charge in [-0.1, -0.05) is 24.4 Å². The molecule has 5 nitrogen and oxygen atoms in total. The van der Waals surface area contributed by atoms with Gasteiger partial charge in [-0.15, -0.1) is 0 Å². The summed E-state index contributed by atoms with van der Waals surface area (Å²) in [5.74, 6) is 0.527. The average molecular weight is 429 g/mol. The molecule has 1 aromatic heterocycles. The van der Waals surface area contributed by atoms with Gasteiger partial charge < -0.3 is 4.74 Å². The minimum Gasteiger partial charge on any atom is -0.497 e. The number of nitrogens with zero attached hydrogens (tertiary/aromatic N) is 1. The van der Waals surface area contributed by atoms with Crippen molar-refractivity contribution in [2.45, 2.75) is 36.6 Å². The Morgan fingerprint density at radius 1 is 1.22 bits per heavy atom. The molecular formula is C19H25ClN2O3S2. The summed E-state index contributed by atoms with van der Waals surface area (Å²) in [5, 5.41) is 4.29. The molecule has 0 saturated carbocycles. The zero-order chi connectivity index (χ0) is 19.3. The fourth-order valence-electron chi connectivity index (χ4n) is 3.42. The van der Waals surface area contributed by atoms with E-state index in [9.17, 15) is 8.42 Å². The summed E-state index contributed by atoms with van der Waals surface area (Å²) in [5.41, 5.74) is 1.16. The lowest BCUT2D eigenvalue weighted by molar-refractivity contribution is 0.206. The van der Waals surface area contributed by atoms with Crippen molar-refractivity contribution in [1.29, 1.82) is 0 Å². The molecule has 27 heavy (non-hydrogen) atoms. The Bertz CT molecular complexity index is 833. The monoisotopic (exact) mass is 428 g/mol. The molecule has 1 aromatic carbocycles. The molecule has 0 aliphatic carbocycles. The van der Waals surface area contributed by atoms with E-state index < -0.39 is 10.0 Å². The summed E-state index contributed by atoms with van der Waals surface area (Å²) in [6.45, 7) is 2.30. The van der Waals surface area contributed by atoms with Crippen LogP contribution in [0.5, 0.6) is 5.75 Å². The van der Waals surface area contributed by atoms with Crippen LogP contribution in [-0.2, 0) is 10.0 Å². The number of rotatable bonds is 7. The molecule has 148 valence electrons. The van der Waals surface area contributed by atoms with E-state index in [1.165, 1.54) is 32.1 Å². The summed E-state index contributed by atoms with van der Waals surface area (Å²) in [6.07, 6.45) is 4.77. The summed E-state index contributed by atoms with van der Waals surface area (Å²) in [4.78, 5) is 2.47. The Balaban J connectivity index is 1.78. The van der Waals surface area contributed by atoms with Crippen LogP contribution in [0.25, 0.3) is 0 Å². The molecular weight excluding hydrogens is 404 g/mol. The van der Waals surface area contributed by atoms with Gasteiger partial charge in [-0.2, -0.15) is 11.3 Å². The van der Waals surface area contributed by atoms with E-state index in [4.69, 9.17) is 16.3 Å². The maximum atomic E-state index is 12.8. The average Bonchev–Trinajstić information content (AvgIpc) is 3.04. The molecule has 1 N–H and O–H groups in total. The number of thiophene rings is 1. The van der Waals surface area contributed by atoms with Gasteiger partial charge in [-0.05, 0) is 60.5 Å². The number of hydrogen-bond donors (Lipinski definition) is 1. The minimum absolute atomic E-state index is 0.0288. The fraction of sp³-hybridized carbons (Fsp3) is 0.474. The molecule has 0 bridgehead atoms. The number of benzene rings is 1. The van der Waals surface area contributed by atoms with E-state index in [-0.39, 0.29) is 16.0 Å². The molecule has 0 amide bonds. The van der Waals surface area contributed by atoms with Gasteiger partial charge in [-0.3, -0.25) is 4.90 Å². The van der Waals surface area contributed by atoms with Crippen LogP contribution in [0.3, 0.4) is 0 Å². The van der Waals surface area contributed by atoms with Crippen LogP contribution < -0.4 is 9.46 Å². The predicted molar refractivity (Wildman–Crippen MR) is 110 cm³/mol. The Kier molecular flexibility index (Phi) is 7.16. The van der Waals surface area contributed by atoms with Crippen molar-refractivity contribution >= 4 is 33.0 Å². The zero-order valence-corrected chi connectivity index (χ0v) is 17.7. The minimum atomic E-state index is -3.71. The van der Waals surface area contributed by atoms with E-state index >= 15 is 0 Å². The van der Waals surface area contributed by atoms with Crippen LogP contribution >= 0.6 is 22.9 Å². The van der Waals surface area contributed by atoms with Crippen LogP contribution in [0, 0.1) is 0 Å². The van der Waals surface area contributed by atoms with Crippen LogP contribution in [-0.4, -0.2) is 40.1 Å². The lowest BCUT2D eigenvalue weighted by Gasteiger charge is -2.30. The molecule has 0 radical (unpaired) electrons. The van der Waals surface area contributed by atoms with Gasteiger partial charge in [-0.25, -0.2) is 13.1 Å². The molecule has 8 heteroatoms. The van der Waals surface area contributed by atoms with E-state index in [0.717, 1.165) is 31.5 Å². The number of likely N-dealkylation sites (tertiary alicyclic amines) is 1. The van der Waals surface area contributed by atoms with Crippen LogP contribution in [0.2, 0.25) is 5.02 Å². The van der Waals surface area contributed by atoms with Gasteiger partial charge in [0, 0.05) is 18.7 Å². The fourth-order valence-corrected chi connectivity index (χ4v) is 5.70. The first-order valence-electron chi connectivity index (χ1n) is 9.10. The van der Waals surface area contributed by atoms with Crippen LogP contribution in [0.15, 0.2) is 39.9 Å². The first kappa shape index (κ1) is 20.6. The quantitative estimate of drug-likeness (QED) is 0.714. The molecule has 0 spiro atoms. The molecule has 2 heterocycles. The number of halogens is 1. The van der Waals surface area contributed by atoms with E-state index in [1.807, 2.05) is 5.38 Å². The highest BCUT2D eigenvalue weighted by atomic mass is 35.5. The van der Waals surface area contributed by atoms with Gasteiger partial charge in [0.25, 0.3) is 0 Å². The molecule has 1 saturated heterocycles. The lowest BCUT2D eigenvalue weighted by atomic mass is 10.1. The third-order valence-corrected chi connectivity index (χ3v) is 7.51. The molecule has 1 atom stereocenters. The van der Waals surface area contributed by atoms with Gasteiger partial charge in [0.1, 0.15) is 10.6 Å². The van der Waals surface area contributed by atoms with Crippen molar-refractivity contribution < 1.29 is 13.2 Å². The van der Waals surface area contributed by atoms with Crippen molar-refractivity contribution in [3.05, 3.63) is 45.6 Å². The van der Waals surface area contributed by atoms with E-state index in [2.05, 4.69) is 21.1 Å². The third kappa shape index (κ3) is 5.23. The zero-order valence-electron chi connectivity index (χ0n) is 15.4. The number of hydrogen-bond acceptors (Lipinski definition) is 5. The third-order valence-electron chi connectivity index (χ3n) is 4.90. The van der Waals surface area contributed by atoms with Crippen LogP contribution in [0.4, 0.5) is 0 Å². The normalized spacial score (nSPS) is 17.4. The second-order valence-corrected chi connectivity index (χ2v) is 9.59. The van der Waals surface area contributed by atoms with Gasteiger partial charge in [0.2, 0.25) is 10.0 Å². The van der Waals surface area contributed by atoms with Crippen LogP contribution in [0.1, 0.15) is 37.3 Å². The predicted octanol–water partition coefficient (Wildman–Crippen LogP) is 4.31. The number of nitrogens with one attached hydrogen (secondary N) is 1. The van der Waals surface area contributed by atoms with Crippen molar-refractivity contribution in [2.75, 3.05) is 26.7 Å². The Morgan fingerprint density at radius 2 is 1.96 bits per heavy atom. The first-order valence-corrected chi connectivity index (χ1v) is 11.9. The van der Waals surface area contributed by atoms with Crippen molar-refractivity contribution in [3.8, 4) is 5.75 Å². The molecule has 3 rings (SSSR count). The SMILES string of the molecule is COc1ccc(S(=O)(=O)NCC(c2ccsc2)N2CCCCCC2)c(Cl)c1. The first-order chi connectivity index (χ1) is 13.0. The second kappa shape index (κ2) is 9.39. The van der Waals surface area contributed by atoms with E-state index in [0.29, 0.717) is 12.3 Å². The molecule has 1 unspecified atom stereocenters. The summed E-state index contributed by atoms with van der Waals surface area (Å²) >= 11 is 7.80. The van der Waals surface area contributed by atoms with E-state index in [1.54, 1.807) is 17.4 Å². The standard InChI is InChI=1S/C19H25ClN2O3S2/c1-25-16-6-7-19(17(20)12-16)27(23,24)21-13-18(15-8-11-26-14-15)22-9-4-2-3-5-10-22/h6-8,11-12,14,18,21H,2-5,9-10,13H2,1H3. The van der Waals surface area contributed by atoms with Crippen molar-refractivity contribution in [2.24, 2.45) is 0 Å². The Hall–Kier alpha value is -1.12. The number of ether oxygens (including phenoxy) is 1. The Labute approximate surface area is 170 Å². The molecule has 1 aliphatic rings. The molecule has 1 aliphatic heterocycles. The maximum Gasteiger partial charge on any atom is 0.242 e. The van der Waals surface area contributed by atoms with Gasteiger partial charge >= 0.3 is 0 Å². The summed E-state index contributed by atoms with van der Waals surface area (Å²) < 4.78 is 33.5. The largest absolute Gasteiger partial charge is 0.497 e. The smallest absolute Gasteiger partial charge is 0.242 e. The Morgan fingerprint density at radius 3 is 2.56 bits per heavy atom. The van der Waals surface area contributed by atoms with Gasteiger partial charge in [0.05, 0.1) is 12.1 Å². The number of methoxy groups -OCH3 is 1. The highest BCUT2D eigenvalue weighted by Crippen LogP contribution is 2.28. The van der Waals surface area contributed by atoms with Crippen molar-refractivity contribution in [1.82, 2.24) is 9.62 Å². The molecule has 1 fully saturated rings. The lowest BCUT2D eigenvalue weighted by Crippen LogP contribution is -2.38. The number of sulfonamides is 1. The summed E-state index contributed by atoms with van der Waals surface area (Å²) in [6, 6.07) is 6.71. The topological polar surface area (TPSA) is 58.6 Å². The summed E-state index contributed by atoms with van der Waals surface area (Å²) in [7, 11) is -2.19. The highest BCUT2D eigenvalue weighted by molar-refractivity contribution is 7.89.